The molecule has 24 heavy (non-hydrogen) atoms. The quantitative estimate of drug-likeness (QED) is 0.399. The van der Waals surface area contributed by atoms with Crippen LogP contribution in [0.25, 0.3) is 0 Å². The lowest BCUT2D eigenvalue weighted by Gasteiger charge is -2.36. The normalized spacial score (nSPS) is 13.0. The Bertz CT molecular complexity index is 422. The van der Waals surface area contributed by atoms with E-state index < -0.39 is 25.7 Å². The van der Waals surface area contributed by atoms with Crippen molar-refractivity contribution in [3.8, 4) is 0 Å². The first-order valence-corrected chi connectivity index (χ1v) is 11.8. The summed E-state index contributed by atoms with van der Waals surface area (Å²) in [5.74, 6) is -2.20. The number of carboxylic acid groups (broad SMARTS) is 1. The van der Waals surface area contributed by atoms with Gasteiger partial charge in [0.15, 0.2) is 8.32 Å². The number of carbonyl (C=O) groups is 2. The Morgan fingerprint density at radius 1 is 0.958 bits per heavy atom. The molecule has 0 aliphatic carbocycles. The van der Waals surface area contributed by atoms with Gasteiger partial charge in [-0.25, -0.2) is 4.79 Å². The summed E-state index contributed by atoms with van der Waals surface area (Å²) in [5, 5.41) is 9.16. The van der Waals surface area contributed by atoms with Crippen molar-refractivity contribution in [2.75, 3.05) is 13.2 Å². The number of hydrogen-bond donors (Lipinski definition) is 1. The highest BCUT2D eigenvalue weighted by molar-refractivity contribution is 6.74. The molecule has 0 atom stereocenters. The van der Waals surface area contributed by atoms with Crippen LogP contribution in [0.2, 0.25) is 18.1 Å². The zero-order valence-electron chi connectivity index (χ0n) is 16.9. The van der Waals surface area contributed by atoms with E-state index in [1.807, 2.05) is 20.8 Å². The Morgan fingerprint density at radius 3 is 1.88 bits per heavy atom. The van der Waals surface area contributed by atoms with Gasteiger partial charge in [-0.15, -0.1) is 0 Å². The van der Waals surface area contributed by atoms with E-state index in [1.165, 1.54) is 4.90 Å². The zero-order valence-corrected chi connectivity index (χ0v) is 17.9. The highest BCUT2D eigenvalue weighted by Gasteiger charge is 2.36. The largest absolute Gasteiger partial charge is 0.474 e. The predicted molar refractivity (Wildman–Crippen MR) is 101 cm³/mol. The average molecular weight is 360 g/mol. The van der Waals surface area contributed by atoms with Gasteiger partial charge in [-0.2, -0.15) is 0 Å². The Balaban J connectivity index is 4.12. The standard InChI is InChI=1S/C18H37NO4Si/c1-17(2,3)19(15(20)16(21)22)13-11-9-10-12-14-23-24(7,8)18(4,5)6/h9-14H2,1-8H3,(H,21,22). The maximum Gasteiger partial charge on any atom is 0.394 e. The van der Waals surface area contributed by atoms with Gasteiger partial charge in [-0.3, -0.25) is 4.79 Å². The molecule has 0 rings (SSSR count). The zero-order chi connectivity index (χ0) is 19.2. The van der Waals surface area contributed by atoms with Crippen molar-refractivity contribution >= 4 is 20.2 Å². The molecular weight excluding hydrogens is 322 g/mol. The number of amides is 1. The fourth-order valence-corrected chi connectivity index (χ4v) is 3.21. The van der Waals surface area contributed by atoms with Gasteiger partial charge in [0.2, 0.25) is 0 Å². The van der Waals surface area contributed by atoms with E-state index in [0.717, 1.165) is 32.3 Å². The van der Waals surface area contributed by atoms with E-state index in [4.69, 9.17) is 9.53 Å². The molecular formula is C18H37NO4Si. The van der Waals surface area contributed by atoms with E-state index in [0.29, 0.717) is 6.54 Å². The van der Waals surface area contributed by atoms with Gasteiger partial charge in [0.25, 0.3) is 0 Å². The second-order valence-corrected chi connectivity index (χ2v) is 13.8. The summed E-state index contributed by atoms with van der Waals surface area (Å²) in [6.07, 6.45) is 3.83. The number of hydrogen-bond acceptors (Lipinski definition) is 3. The molecule has 0 bridgehead atoms. The van der Waals surface area contributed by atoms with E-state index in [-0.39, 0.29) is 5.04 Å². The first-order valence-electron chi connectivity index (χ1n) is 8.89. The van der Waals surface area contributed by atoms with Gasteiger partial charge in [-0.05, 0) is 51.7 Å². The monoisotopic (exact) mass is 359 g/mol. The van der Waals surface area contributed by atoms with Gasteiger partial charge in [-0.1, -0.05) is 33.6 Å². The van der Waals surface area contributed by atoms with Crippen LogP contribution in [0.5, 0.6) is 0 Å². The third kappa shape index (κ3) is 7.79. The summed E-state index contributed by atoms with van der Waals surface area (Å²) in [6, 6.07) is 0. The molecule has 0 heterocycles. The molecule has 0 aliphatic rings. The van der Waals surface area contributed by atoms with E-state index in [9.17, 15) is 9.59 Å². The number of unbranched alkanes of at least 4 members (excludes halogenated alkanes) is 3. The first-order chi connectivity index (χ1) is 10.7. The highest BCUT2D eigenvalue weighted by atomic mass is 28.4. The molecule has 142 valence electrons. The molecule has 0 fully saturated rings. The molecule has 0 saturated carbocycles. The summed E-state index contributed by atoms with van der Waals surface area (Å²) < 4.78 is 6.14. The average Bonchev–Trinajstić information content (AvgIpc) is 2.38. The van der Waals surface area contributed by atoms with Crippen molar-refractivity contribution in [2.45, 2.75) is 90.9 Å². The Kier molecular flexibility index (Phi) is 8.66. The molecule has 0 aromatic rings. The van der Waals surface area contributed by atoms with E-state index in [2.05, 4.69) is 33.9 Å². The van der Waals surface area contributed by atoms with E-state index >= 15 is 0 Å². The van der Waals surface area contributed by atoms with Crippen molar-refractivity contribution in [1.82, 2.24) is 4.90 Å². The second kappa shape index (κ2) is 8.99. The molecule has 0 radical (unpaired) electrons. The number of carboxylic acids is 1. The summed E-state index contributed by atoms with van der Waals surface area (Å²) in [5.41, 5.74) is -0.471. The van der Waals surface area contributed by atoms with Crippen LogP contribution in [0, 0.1) is 0 Å². The minimum Gasteiger partial charge on any atom is -0.474 e. The van der Waals surface area contributed by atoms with E-state index in [1.54, 1.807) is 0 Å². The topological polar surface area (TPSA) is 66.8 Å². The van der Waals surface area contributed by atoms with Gasteiger partial charge in [0.1, 0.15) is 0 Å². The van der Waals surface area contributed by atoms with Crippen molar-refractivity contribution in [1.29, 1.82) is 0 Å². The van der Waals surface area contributed by atoms with Crippen LogP contribution in [-0.4, -0.2) is 48.9 Å². The Morgan fingerprint density at radius 2 is 1.46 bits per heavy atom. The lowest BCUT2D eigenvalue weighted by Crippen LogP contribution is -2.49. The lowest BCUT2D eigenvalue weighted by atomic mass is 10.0. The van der Waals surface area contributed by atoms with Crippen LogP contribution in [-0.2, 0) is 14.0 Å². The fraction of sp³-hybridized carbons (Fsp3) is 0.889. The van der Waals surface area contributed by atoms with Crippen LogP contribution < -0.4 is 0 Å². The van der Waals surface area contributed by atoms with Crippen molar-refractivity contribution in [3.63, 3.8) is 0 Å². The molecule has 5 nitrogen and oxygen atoms in total. The van der Waals surface area contributed by atoms with Crippen molar-refractivity contribution in [2.24, 2.45) is 0 Å². The molecule has 6 heteroatoms. The molecule has 1 N–H and O–H groups in total. The Labute approximate surface area is 148 Å². The van der Waals surface area contributed by atoms with Gasteiger partial charge in [0, 0.05) is 18.7 Å². The van der Waals surface area contributed by atoms with Crippen LogP contribution in [0.15, 0.2) is 0 Å². The molecule has 0 unspecified atom stereocenters. The van der Waals surface area contributed by atoms with Crippen LogP contribution in [0.3, 0.4) is 0 Å². The number of aliphatic carboxylic acids is 1. The minimum atomic E-state index is -1.66. The van der Waals surface area contributed by atoms with Gasteiger partial charge >= 0.3 is 11.9 Å². The summed E-state index contributed by atoms with van der Waals surface area (Å²) in [4.78, 5) is 24.1. The van der Waals surface area contributed by atoms with Crippen LogP contribution in [0.4, 0.5) is 0 Å². The van der Waals surface area contributed by atoms with Gasteiger partial charge in [0.05, 0.1) is 0 Å². The number of rotatable bonds is 8. The minimum absolute atomic E-state index is 0.234. The summed E-state index contributed by atoms with van der Waals surface area (Å²) >= 11 is 0. The molecule has 1 amide bonds. The highest BCUT2D eigenvalue weighted by Crippen LogP contribution is 2.36. The maximum atomic E-state index is 11.8. The third-order valence-corrected chi connectivity index (χ3v) is 9.32. The summed E-state index contributed by atoms with van der Waals surface area (Å²) in [7, 11) is -1.66. The Hall–Kier alpha value is -0.883. The van der Waals surface area contributed by atoms with Crippen molar-refractivity contribution < 1.29 is 19.1 Å². The van der Waals surface area contributed by atoms with Crippen LogP contribution in [0.1, 0.15) is 67.2 Å². The second-order valence-electron chi connectivity index (χ2n) is 8.96. The first kappa shape index (κ1) is 23.1. The molecule has 0 aliphatic heterocycles. The van der Waals surface area contributed by atoms with Gasteiger partial charge < -0.3 is 14.4 Å². The fourth-order valence-electron chi connectivity index (χ4n) is 2.13. The maximum absolute atomic E-state index is 11.8. The molecule has 0 aromatic heterocycles. The SMILES string of the molecule is CC(C)(C)N(CCCCCCO[Si](C)(C)C(C)(C)C)C(=O)C(=O)O. The number of nitrogens with zero attached hydrogens (tertiary/aromatic N) is 1. The van der Waals surface area contributed by atoms with Crippen molar-refractivity contribution in [3.05, 3.63) is 0 Å². The molecule has 0 aromatic carbocycles. The molecule has 0 spiro atoms. The lowest BCUT2D eigenvalue weighted by molar-refractivity contribution is -0.158. The molecule has 0 saturated heterocycles. The number of carbonyl (C=O) groups excluding carboxylic acids is 1. The predicted octanol–water partition coefficient (Wildman–Crippen LogP) is 4.28. The van der Waals surface area contributed by atoms with Crippen LogP contribution >= 0.6 is 0 Å². The third-order valence-electron chi connectivity index (χ3n) is 4.78. The summed E-state index contributed by atoms with van der Waals surface area (Å²) in [6.45, 7) is 18.1. The smallest absolute Gasteiger partial charge is 0.394 e.